The number of esters is 1. The van der Waals surface area contributed by atoms with Gasteiger partial charge in [0.25, 0.3) is 0 Å². The van der Waals surface area contributed by atoms with Crippen LogP contribution in [0.4, 0.5) is 10.1 Å². The number of nitrogens with zero attached hydrogens (tertiary/aromatic N) is 2. The monoisotopic (exact) mass is 413 g/mol. The summed E-state index contributed by atoms with van der Waals surface area (Å²) in [5, 5.41) is 2.84. The minimum Gasteiger partial charge on any atom is -0.465 e. The summed E-state index contributed by atoms with van der Waals surface area (Å²) in [6.45, 7) is 6.42. The summed E-state index contributed by atoms with van der Waals surface area (Å²) in [4.78, 5) is 28.6. The largest absolute Gasteiger partial charge is 0.465 e. The Morgan fingerprint density at radius 3 is 2.50 bits per heavy atom. The molecule has 0 aliphatic carbocycles. The van der Waals surface area contributed by atoms with Crippen LogP contribution in [0.25, 0.3) is 0 Å². The highest BCUT2D eigenvalue weighted by atomic mass is 19.1. The van der Waals surface area contributed by atoms with Crippen LogP contribution in [0.5, 0.6) is 0 Å². The molecule has 0 saturated carbocycles. The van der Waals surface area contributed by atoms with Crippen molar-refractivity contribution in [3.8, 4) is 0 Å². The van der Waals surface area contributed by atoms with Gasteiger partial charge in [-0.2, -0.15) is 0 Å². The number of hydrogen-bond donors (Lipinski definition) is 1. The van der Waals surface area contributed by atoms with Gasteiger partial charge in [-0.15, -0.1) is 0 Å². The molecule has 2 unspecified atom stereocenters. The summed E-state index contributed by atoms with van der Waals surface area (Å²) in [6, 6.07) is 13.7. The highest BCUT2D eigenvalue weighted by Gasteiger charge is 2.30. The number of piperazine rings is 1. The highest BCUT2D eigenvalue weighted by molar-refractivity contribution is 5.89. The molecule has 2 atom stereocenters. The van der Waals surface area contributed by atoms with Gasteiger partial charge in [0.2, 0.25) is 5.91 Å². The van der Waals surface area contributed by atoms with Gasteiger partial charge in [-0.3, -0.25) is 9.69 Å². The van der Waals surface area contributed by atoms with Gasteiger partial charge in [-0.05, 0) is 44.2 Å². The Hall–Kier alpha value is -2.93. The van der Waals surface area contributed by atoms with Crippen LogP contribution in [0, 0.1) is 5.82 Å². The lowest BCUT2D eigenvalue weighted by atomic mass is 10.1. The number of anilines is 1. The number of carbonyl (C=O) groups excluding carboxylic acids is 2. The molecule has 1 amide bonds. The molecule has 7 heteroatoms. The van der Waals surface area contributed by atoms with Crippen LogP contribution in [0.3, 0.4) is 0 Å². The van der Waals surface area contributed by atoms with E-state index in [0.717, 1.165) is 25.3 Å². The number of rotatable bonds is 6. The van der Waals surface area contributed by atoms with Crippen molar-refractivity contribution >= 4 is 17.6 Å². The van der Waals surface area contributed by atoms with Crippen LogP contribution in [-0.2, 0) is 16.1 Å². The number of nitrogens with one attached hydrogen (secondary N) is 1. The molecule has 2 aromatic carbocycles. The zero-order chi connectivity index (χ0) is 21.7. The Morgan fingerprint density at radius 1 is 1.17 bits per heavy atom. The van der Waals surface area contributed by atoms with Gasteiger partial charge in [0.1, 0.15) is 5.82 Å². The lowest BCUT2D eigenvalue weighted by Gasteiger charge is -2.43. The lowest BCUT2D eigenvalue weighted by Crippen LogP contribution is -2.58. The predicted octanol–water partition coefficient (Wildman–Crippen LogP) is 2.83. The van der Waals surface area contributed by atoms with E-state index < -0.39 is 0 Å². The standard InChI is InChI=1S/C23H28FN3O3/c1-16-15-26(20-10-8-18(9-11-20)23(29)30-3)12-13-27(16)17(2)22(28)25-14-19-6-4-5-7-21(19)24/h4-11,16-17H,12-15H2,1-3H3,(H,25,28). The SMILES string of the molecule is COC(=O)c1ccc(N2CCN(C(C)C(=O)NCc3ccccc3F)C(C)C2)cc1. The Labute approximate surface area is 176 Å². The van der Waals surface area contributed by atoms with Crippen molar-refractivity contribution in [3.63, 3.8) is 0 Å². The fraction of sp³-hybridized carbons (Fsp3) is 0.391. The number of carbonyl (C=O) groups is 2. The molecule has 1 aliphatic rings. The van der Waals surface area contributed by atoms with E-state index in [-0.39, 0.29) is 36.3 Å². The minimum absolute atomic E-state index is 0.110. The van der Waals surface area contributed by atoms with Crippen molar-refractivity contribution in [2.24, 2.45) is 0 Å². The Morgan fingerprint density at radius 2 is 1.87 bits per heavy atom. The topological polar surface area (TPSA) is 61.9 Å². The highest BCUT2D eigenvalue weighted by Crippen LogP contribution is 2.21. The summed E-state index contributed by atoms with van der Waals surface area (Å²) in [5.74, 6) is -0.776. The summed E-state index contributed by atoms with van der Waals surface area (Å²) >= 11 is 0. The summed E-state index contributed by atoms with van der Waals surface area (Å²) in [7, 11) is 1.37. The normalized spacial score (nSPS) is 18.0. The molecule has 3 rings (SSSR count). The number of benzene rings is 2. The van der Waals surface area contributed by atoms with Gasteiger partial charge in [-0.1, -0.05) is 18.2 Å². The molecule has 0 spiro atoms. The predicted molar refractivity (Wildman–Crippen MR) is 114 cm³/mol. The molecule has 1 N–H and O–H groups in total. The summed E-state index contributed by atoms with van der Waals surface area (Å²) in [6.07, 6.45) is 0. The van der Waals surface area contributed by atoms with E-state index in [9.17, 15) is 14.0 Å². The van der Waals surface area contributed by atoms with Crippen LogP contribution < -0.4 is 10.2 Å². The van der Waals surface area contributed by atoms with Crippen LogP contribution in [-0.4, -0.2) is 55.6 Å². The van der Waals surface area contributed by atoms with Crippen LogP contribution >= 0.6 is 0 Å². The number of amides is 1. The van der Waals surface area contributed by atoms with E-state index in [1.807, 2.05) is 19.1 Å². The fourth-order valence-electron chi connectivity index (χ4n) is 3.83. The first-order valence-corrected chi connectivity index (χ1v) is 10.1. The first kappa shape index (κ1) is 21.8. The quantitative estimate of drug-likeness (QED) is 0.738. The van der Waals surface area contributed by atoms with E-state index in [4.69, 9.17) is 4.74 Å². The van der Waals surface area contributed by atoms with Crippen molar-refractivity contribution in [2.45, 2.75) is 32.5 Å². The Balaban J connectivity index is 1.55. The van der Waals surface area contributed by atoms with Gasteiger partial charge >= 0.3 is 5.97 Å². The molecule has 1 aliphatic heterocycles. The van der Waals surface area contributed by atoms with E-state index in [2.05, 4.69) is 22.0 Å². The number of ether oxygens (including phenoxy) is 1. The number of hydrogen-bond acceptors (Lipinski definition) is 5. The average Bonchev–Trinajstić information content (AvgIpc) is 2.77. The first-order chi connectivity index (χ1) is 14.4. The maximum atomic E-state index is 13.8. The van der Waals surface area contributed by atoms with E-state index in [0.29, 0.717) is 11.1 Å². The summed E-state index contributed by atoms with van der Waals surface area (Å²) < 4.78 is 18.5. The summed E-state index contributed by atoms with van der Waals surface area (Å²) in [5.41, 5.74) is 2.03. The van der Waals surface area contributed by atoms with Gasteiger partial charge in [0.15, 0.2) is 0 Å². The van der Waals surface area contributed by atoms with E-state index in [1.165, 1.54) is 13.2 Å². The van der Waals surface area contributed by atoms with Gasteiger partial charge in [0.05, 0.1) is 18.7 Å². The third-order valence-corrected chi connectivity index (χ3v) is 5.62. The Bertz CT molecular complexity index is 888. The lowest BCUT2D eigenvalue weighted by molar-refractivity contribution is -0.127. The van der Waals surface area contributed by atoms with E-state index >= 15 is 0 Å². The minimum atomic E-state index is -0.352. The molecular weight excluding hydrogens is 385 g/mol. The smallest absolute Gasteiger partial charge is 0.337 e. The average molecular weight is 413 g/mol. The van der Waals surface area contributed by atoms with Crippen LogP contribution in [0.15, 0.2) is 48.5 Å². The van der Waals surface area contributed by atoms with Crippen molar-refractivity contribution in [3.05, 3.63) is 65.5 Å². The Kier molecular flexibility index (Phi) is 7.05. The fourth-order valence-corrected chi connectivity index (χ4v) is 3.83. The molecule has 1 saturated heterocycles. The molecule has 1 fully saturated rings. The maximum absolute atomic E-state index is 13.8. The van der Waals surface area contributed by atoms with Crippen molar-refractivity contribution in [2.75, 3.05) is 31.6 Å². The van der Waals surface area contributed by atoms with Crippen molar-refractivity contribution < 1.29 is 18.7 Å². The first-order valence-electron chi connectivity index (χ1n) is 10.1. The second kappa shape index (κ2) is 9.71. The van der Waals surface area contributed by atoms with Gasteiger partial charge < -0.3 is 15.0 Å². The molecule has 2 aromatic rings. The molecule has 0 aromatic heterocycles. The van der Waals surface area contributed by atoms with Crippen molar-refractivity contribution in [1.29, 1.82) is 0 Å². The van der Waals surface area contributed by atoms with Crippen LogP contribution in [0.1, 0.15) is 29.8 Å². The maximum Gasteiger partial charge on any atom is 0.337 e. The molecule has 160 valence electrons. The number of methoxy groups -OCH3 is 1. The zero-order valence-corrected chi connectivity index (χ0v) is 17.6. The number of halogens is 1. The third kappa shape index (κ3) is 4.97. The van der Waals surface area contributed by atoms with Gasteiger partial charge in [0, 0.05) is 43.5 Å². The second-order valence-corrected chi connectivity index (χ2v) is 7.56. The molecule has 30 heavy (non-hydrogen) atoms. The zero-order valence-electron chi connectivity index (χ0n) is 17.6. The van der Waals surface area contributed by atoms with Gasteiger partial charge in [-0.25, -0.2) is 9.18 Å². The molecule has 0 bridgehead atoms. The third-order valence-electron chi connectivity index (χ3n) is 5.62. The molecular formula is C23H28FN3O3. The van der Waals surface area contributed by atoms with Crippen molar-refractivity contribution in [1.82, 2.24) is 10.2 Å². The molecule has 6 nitrogen and oxygen atoms in total. The van der Waals surface area contributed by atoms with E-state index in [1.54, 1.807) is 30.3 Å². The molecule has 0 radical (unpaired) electrons. The molecule has 1 heterocycles. The second-order valence-electron chi connectivity index (χ2n) is 7.56. The van der Waals surface area contributed by atoms with Crippen LogP contribution in [0.2, 0.25) is 0 Å².